The number of amides is 1. The van der Waals surface area contributed by atoms with Gasteiger partial charge in [-0.25, -0.2) is 8.42 Å². The van der Waals surface area contributed by atoms with Gasteiger partial charge in [0.2, 0.25) is 0 Å². The molecule has 1 aliphatic heterocycles. The minimum Gasteiger partial charge on any atom is -0.491 e. The predicted octanol–water partition coefficient (Wildman–Crippen LogP) is 4.91. The highest BCUT2D eigenvalue weighted by molar-refractivity contribution is 7.92. The molecule has 0 spiro atoms. The summed E-state index contributed by atoms with van der Waals surface area (Å²) in [5.41, 5.74) is 2.90. The van der Waals surface area contributed by atoms with Crippen molar-refractivity contribution in [2.75, 3.05) is 23.3 Å². The van der Waals surface area contributed by atoms with Gasteiger partial charge in [0.05, 0.1) is 11.0 Å². The van der Waals surface area contributed by atoms with Gasteiger partial charge in [-0.15, -0.1) is 0 Å². The Morgan fingerprint density at radius 3 is 2.59 bits per heavy atom. The highest BCUT2D eigenvalue weighted by atomic mass is 32.2. The summed E-state index contributed by atoms with van der Waals surface area (Å²) in [4.78, 5) is 13.0. The van der Waals surface area contributed by atoms with E-state index >= 15 is 0 Å². The molecule has 1 unspecified atom stereocenters. The van der Waals surface area contributed by atoms with Crippen molar-refractivity contribution < 1.29 is 22.7 Å². The molecule has 3 aromatic rings. The first-order valence-electron chi connectivity index (χ1n) is 11.2. The van der Waals surface area contributed by atoms with Gasteiger partial charge in [-0.2, -0.15) is 0 Å². The highest BCUT2D eigenvalue weighted by Crippen LogP contribution is 2.23. The number of hydrogen-bond donors (Lipinski definition) is 2. The molecule has 7 nitrogen and oxygen atoms in total. The fraction of sp³-hybridized carbons (Fsp3) is 0.269. The molecule has 34 heavy (non-hydrogen) atoms. The lowest BCUT2D eigenvalue weighted by Crippen LogP contribution is -2.17. The monoisotopic (exact) mass is 480 g/mol. The van der Waals surface area contributed by atoms with Crippen LogP contribution in [-0.4, -0.2) is 33.6 Å². The van der Waals surface area contributed by atoms with Gasteiger partial charge in [0.25, 0.3) is 15.9 Å². The number of carbonyl (C=O) groups is 1. The fourth-order valence-electron chi connectivity index (χ4n) is 3.76. The zero-order chi connectivity index (χ0) is 24.1. The lowest BCUT2D eigenvalue weighted by Gasteiger charge is -2.14. The first-order valence-corrected chi connectivity index (χ1v) is 12.6. The number of sulfonamides is 1. The van der Waals surface area contributed by atoms with Gasteiger partial charge in [0.15, 0.2) is 0 Å². The van der Waals surface area contributed by atoms with Crippen molar-refractivity contribution in [1.29, 1.82) is 0 Å². The largest absolute Gasteiger partial charge is 0.491 e. The average Bonchev–Trinajstić information content (AvgIpc) is 3.31. The van der Waals surface area contributed by atoms with Gasteiger partial charge in [0.1, 0.15) is 12.4 Å². The fourth-order valence-corrected chi connectivity index (χ4v) is 4.84. The van der Waals surface area contributed by atoms with Crippen molar-refractivity contribution in [2.45, 2.75) is 37.7 Å². The molecule has 1 amide bonds. The van der Waals surface area contributed by atoms with Crippen LogP contribution >= 0.6 is 0 Å². The molecule has 3 aromatic carbocycles. The summed E-state index contributed by atoms with van der Waals surface area (Å²) in [5, 5.41) is 2.84. The van der Waals surface area contributed by atoms with Crippen LogP contribution in [0.1, 0.15) is 34.3 Å². The van der Waals surface area contributed by atoms with E-state index in [2.05, 4.69) is 10.0 Å². The van der Waals surface area contributed by atoms with Crippen LogP contribution in [0.4, 0.5) is 11.4 Å². The molecule has 0 aromatic heterocycles. The molecule has 0 saturated carbocycles. The van der Waals surface area contributed by atoms with E-state index in [1.54, 1.807) is 49.4 Å². The number of hydrogen-bond acceptors (Lipinski definition) is 5. The summed E-state index contributed by atoms with van der Waals surface area (Å²) in [6.07, 6.45) is 2.12. The van der Waals surface area contributed by atoms with E-state index in [0.717, 1.165) is 25.0 Å². The third kappa shape index (κ3) is 5.95. The second kappa shape index (κ2) is 10.3. The van der Waals surface area contributed by atoms with E-state index in [9.17, 15) is 13.2 Å². The van der Waals surface area contributed by atoms with Crippen LogP contribution in [0.2, 0.25) is 0 Å². The van der Waals surface area contributed by atoms with Crippen molar-refractivity contribution in [3.63, 3.8) is 0 Å². The van der Waals surface area contributed by atoms with E-state index in [4.69, 9.17) is 9.47 Å². The summed E-state index contributed by atoms with van der Waals surface area (Å²) in [7, 11) is -3.86. The molecular weight excluding hydrogens is 452 g/mol. The highest BCUT2D eigenvalue weighted by Gasteiger charge is 2.19. The van der Waals surface area contributed by atoms with Crippen LogP contribution in [-0.2, 0) is 14.8 Å². The van der Waals surface area contributed by atoms with E-state index < -0.39 is 15.9 Å². The Kier molecular flexibility index (Phi) is 7.19. The quantitative estimate of drug-likeness (QED) is 0.478. The van der Waals surface area contributed by atoms with Crippen LogP contribution < -0.4 is 14.8 Å². The summed E-state index contributed by atoms with van der Waals surface area (Å²) in [6.45, 7) is 4.87. The van der Waals surface area contributed by atoms with E-state index in [0.29, 0.717) is 29.3 Å². The van der Waals surface area contributed by atoms with Gasteiger partial charge in [0, 0.05) is 29.6 Å². The summed E-state index contributed by atoms with van der Waals surface area (Å²) >= 11 is 0. The minimum atomic E-state index is -3.86. The third-order valence-corrected chi connectivity index (χ3v) is 6.97. The number of anilines is 2. The Morgan fingerprint density at radius 1 is 1.03 bits per heavy atom. The van der Waals surface area contributed by atoms with Crippen molar-refractivity contribution >= 4 is 27.3 Å². The van der Waals surface area contributed by atoms with Crippen LogP contribution in [0.3, 0.4) is 0 Å². The van der Waals surface area contributed by atoms with Crippen LogP contribution in [0.15, 0.2) is 71.6 Å². The van der Waals surface area contributed by atoms with Gasteiger partial charge >= 0.3 is 0 Å². The Morgan fingerprint density at radius 2 is 1.82 bits per heavy atom. The van der Waals surface area contributed by atoms with Gasteiger partial charge in [-0.3, -0.25) is 9.52 Å². The van der Waals surface area contributed by atoms with E-state index in [-0.39, 0.29) is 16.6 Å². The molecule has 1 heterocycles. The minimum absolute atomic E-state index is 0.0124. The maximum Gasteiger partial charge on any atom is 0.261 e. The second-order valence-corrected chi connectivity index (χ2v) is 10.1. The van der Waals surface area contributed by atoms with Crippen molar-refractivity contribution in [3.8, 4) is 5.75 Å². The molecule has 2 N–H and O–H groups in total. The van der Waals surface area contributed by atoms with Crippen molar-refractivity contribution in [2.24, 2.45) is 0 Å². The van der Waals surface area contributed by atoms with Gasteiger partial charge in [-0.05, 0) is 74.2 Å². The number of carbonyl (C=O) groups excluding carboxylic acids is 1. The molecule has 1 aliphatic rings. The van der Waals surface area contributed by atoms with E-state index in [1.165, 1.54) is 12.1 Å². The first-order chi connectivity index (χ1) is 16.3. The number of rotatable bonds is 8. The summed E-state index contributed by atoms with van der Waals surface area (Å²) in [6, 6.07) is 18.7. The Hall–Kier alpha value is -3.36. The number of nitrogens with one attached hydrogen (secondary N) is 2. The average molecular weight is 481 g/mol. The van der Waals surface area contributed by atoms with Gasteiger partial charge in [-0.1, -0.05) is 24.3 Å². The molecule has 0 bridgehead atoms. The Bertz CT molecular complexity index is 1280. The molecule has 0 aliphatic carbocycles. The second-order valence-electron chi connectivity index (χ2n) is 8.38. The predicted molar refractivity (Wildman–Crippen MR) is 132 cm³/mol. The summed E-state index contributed by atoms with van der Waals surface area (Å²) in [5.74, 6) is 0.227. The molecule has 1 atom stereocenters. The standard InChI is InChI=1S/C26H28N2O5S/c1-18-6-3-8-21(14-18)28-34(30,31)24-12-11-19(2)25(16-24)26(29)27-20-7-4-9-22(15-20)33-17-23-10-5-13-32-23/h3-4,6-9,11-12,14-16,23,28H,5,10,13,17H2,1-2H3,(H,27,29). The van der Waals surface area contributed by atoms with Crippen LogP contribution in [0.5, 0.6) is 5.75 Å². The Balaban J connectivity index is 1.48. The zero-order valence-corrected chi connectivity index (χ0v) is 20.0. The van der Waals surface area contributed by atoms with Gasteiger partial charge < -0.3 is 14.8 Å². The molecule has 0 radical (unpaired) electrons. The summed E-state index contributed by atoms with van der Waals surface area (Å²) < 4.78 is 39.8. The molecule has 1 fully saturated rings. The molecule has 178 valence electrons. The normalized spacial score (nSPS) is 15.6. The maximum atomic E-state index is 13.0. The molecule has 1 saturated heterocycles. The lowest BCUT2D eigenvalue weighted by molar-refractivity contribution is 0.0680. The topological polar surface area (TPSA) is 93.7 Å². The number of benzene rings is 3. The molecule has 8 heteroatoms. The molecular formula is C26H28N2O5S. The number of aryl methyl sites for hydroxylation is 2. The SMILES string of the molecule is Cc1cccc(NS(=O)(=O)c2ccc(C)c(C(=O)Nc3cccc(OCC4CCCO4)c3)c2)c1. The lowest BCUT2D eigenvalue weighted by atomic mass is 10.1. The first kappa shape index (κ1) is 23.8. The number of ether oxygens (including phenoxy) is 2. The van der Waals surface area contributed by atoms with Crippen molar-refractivity contribution in [3.05, 3.63) is 83.4 Å². The smallest absolute Gasteiger partial charge is 0.261 e. The zero-order valence-electron chi connectivity index (χ0n) is 19.2. The maximum absolute atomic E-state index is 13.0. The van der Waals surface area contributed by atoms with Crippen LogP contribution in [0.25, 0.3) is 0 Å². The van der Waals surface area contributed by atoms with Crippen LogP contribution in [0, 0.1) is 13.8 Å². The molecule has 4 rings (SSSR count). The Labute approximate surface area is 200 Å². The van der Waals surface area contributed by atoms with E-state index in [1.807, 2.05) is 19.1 Å². The third-order valence-electron chi connectivity index (χ3n) is 5.59. The van der Waals surface area contributed by atoms with Crippen molar-refractivity contribution in [1.82, 2.24) is 0 Å².